The minimum absolute atomic E-state index is 0.202. The van der Waals surface area contributed by atoms with Crippen LogP contribution in [-0.4, -0.2) is 39.7 Å². The Kier molecular flexibility index (Phi) is 6.52. The molecule has 27 heavy (non-hydrogen) atoms. The van der Waals surface area contributed by atoms with Gasteiger partial charge in [0.2, 0.25) is 0 Å². The molecule has 3 rings (SSSR count). The Balaban J connectivity index is 1.71. The number of hydrogen-bond donors (Lipinski definition) is 1. The summed E-state index contributed by atoms with van der Waals surface area (Å²) in [4.78, 5) is 26.8. The van der Waals surface area contributed by atoms with Crippen LogP contribution in [0.4, 0.5) is 0 Å². The zero-order valence-corrected chi connectivity index (χ0v) is 16.7. The topological polar surface area (TPSA) is 59.3 Å². The van der Waals surface area contributed by atoms with Gasteiger partial charge in [0.25, 0.3) is 5.56 Å². The first-order valence-corrected chi connectivity index (χ1v) is 9.78. The first-order chi connectivity index (χ1) is 13.0. The van der Waals surface area contributed by atoms with Crippen molar-refractivity contribution in [3.8, 4) is 0 Å². The van der Waals surface area contributed by atoms with E-state index in [1.54, 1.807) is 13.2 Å². The number of nitrogens with one attached hydrogen (secondary N) is 1. The molecule has 1 fully saturated rings. The summed E-state index contributed by atoms with van der Waals surface area (Å²) in [6, 6.07) is 8.38. The van der Waals surface area contributed by atoms with E-state index in [9.17, 15) is 9.59 Å². The number of rotatable bonds is 7. The number of halogens is 1. The zero-order valence-electron chi connectivity index (χ0n) is 15.9. The molecular weight excluding hydrogens is 364 g/mol. The highest BCUT2D eigenvalue weighted by molar-refractivity contribution is 6.30. The minimum Gasteiger partial charge on any atom is -0.315 e. The van der Waals surface area contributed by atoms with E-state index in [1.165, 1.54) is 21.7 Å². The van der Waals surface area contributed by atoms with Crippen LogP contribution in [0.2, 0.25) is 5.02 Å². The molecule has 7 heteroatoms. The number of benzene rings is 1. The van der Waals surface area contributed by atoms with E-state index < -0.39 is 0 Å². The first kappa shape index (κ1) is 19.9. The highest BCUT2D eigenvalue weighted by Crippen LogP contribution is 2.15. The molecule has 0 aliphatic carbocycles. The summed E-state index contributed by atoms with van der Waals surface area (Å²) in [5, 5.41) is 4.16. The van der Waals surface area contributed by atoms with Gasteiger partial charge in [-0.3, -0.25) is 14.3 Å². The van der Waals surface area contributed by atoms with Crippen LogP contribution in [0.15, 0.2) is 40.1 Å². The predicted molar refractivity (Wildman–Crippen MR) is 108 cm³/mol. The lowest BCUT2D eigenvalue weighted by Gasteiger charge is -2.28. The molecule has 0 radical (unpaired) electrons. The van der Waals surface area contributed by atoms with Crippen LogP contribution in [-0.2, 0) is 27.1 Å². The SMILES string of the molecule is Cn1cc(CN(CCCc2ccc(Cl)cc2)C2CCNC2)c(=O)n(C)c1=O. The summed E-state index contributed by atoms with van der Waals surface area (Å²) < 4.78 is 2.67. The number of aryl methyl sites for hydroxylation is 2. The third-order valence-corrected chi connectivity index (χ3v) is 5.52. The second-order valence-corrected chi connectivity index (χ2v) is 7.70. The monoisotopic (exact) mass is 390 g/mol. The molecule has 1 atom stereocenters. The quantitative estimate of drug-likeness (QED) is 0.779. The Hall–Kier alpha value is -1.89. The maximum absolute atomic E-state index is 12.5. The maximum atomic E-state index is 12.5. The Bertz CT molecular complexity index is 882. The lowest BCUT2D eigenvalue weighted by molar-refractivity contribution is 0.195. The highest BCUT2D eigenvalue weighted by atomic mass is 35.5. The van der Waals surface area contributed by atoms with E-state index in [0.717, 1.165) is 43.9 Å². The molecule has 1 aromatic heterocycles. The van der Waals surface area contributed by atoms with Gasteiger partial charge in [-0.05, 0) is 50.0 Å². The molecule has 1 unspecified atom stereocenters. The van der Waals surface area contributed by atoms with E-state index in [2.05, 4.69) is 22.3 Å². The van der Waals surface area contributed by atoms with Crippen LogP contribution in [0.5, 0.6) is 0 Å². The molecule has 0 saturated carbocycles. The molecule has 0 spiro atoms. The second kappa shape index (κ2) is 8.87. The third-order valence-electron chi connectivity index (χ3n) is 5.27. The van der Waals surface area contributed by atoms with Crippen molar-refractivity contribution in [3.05, 3.63) is 67.4 Å². The van der Waals surface area contributed by atoms with Crippen LogP contribution in [0.3, 0.4) is 0 Å². The van der Waals surface area contributed by atoms with Gasteiger partial charge >= 0.3 is 5.69 Å². The van der Waals surface area contributed by atoms with E-state index >= 15 is 0 Å². The van der Waals surface area contributed by atoms with Gasteiger partial charge < -0.3 is 9.88 Å². The number of hydrogen-bond acceptors (Lipinski definition) is 4. The van der Waals surface area contributed by atoms with Crippen molar-refractivity contribution in [1.82, 2.24) is 19.4 Å². The summed E-state index contributed by atoms with van der Waals surface area (Å²) in [5.41, 5.74) is 1.44. The molecule has 1 saturated heterocycles. The summed E-state index contributed by atoms with van der Waals surface area (Å²) in [6.07, 6.45) is 4.73. The first-order valence-electron chi connectivity index (χ1n) is 9.40. The molecule has 0 amide bonds. The van der Waals surface area contributed by atoms with Gasteiger partial charge in [-0.2, -0.15) is 0 Å². The summed E-state index contributed by atoms with van der Waals surface area (Å²) in [6.45, 7) is 3.41. The van der Waals surface area contributed by atoms with Gasteiger partial charge in [0.15, 0.2) is 0 Å². The Labute approximate surface area is 164 Å². The fourth-order valence-electron chi connectivity index (χ4n) is 3.69. The lowest BCUT2D eigenvalue weighted by atomic mass is 10.1. The molecule has 1 aromatic carbocycles. The van der Waals surface area contributed by atoms with Crippen molar-refractivity contribution in [2.75, 3.05) is 19.6 Å². The molecular formula is C20H27ClN4O2. The van der Waals surface area contributed by atoms with Crippen LogP contribution in [0.1, 0.15) is 24.0 Å². The fourth-order valence-corrected chi connectivity index (χ4v) is 3.82. The number of nitrogens with zero attached hydrogens (tertiary/aromatic N) is 3. The van der Waals surface area contributed by atoms with Crippen LogP contribution in [0.25, 0.3) is 0 Å². The summed E-state index contributed by atoms with van der Waals surface area (Å²) in [5.74, 6) is 0. The smallest absolute Gasteiger partial charge is 0.315 e. The van der Waals surface area contributed by atoms with E-state index in [-0.39, 0.29) is 11.2 Å². The van der Waals surface area contributed by atoms with Crippen LogP contribution < -0.4 is 16.6 Å². The molecule has 1 N–H and O–H groups in total. The number of aromatic nitrogens is 2. The van der Waals surface area contributed by atoms with Gasteiger partial charge in [0, 0.05) is 50.0 Å². The average molecular weight is 391 g/mol. The highest BCUT2D eigenvalue weighted by Gasteiger charge is 2.23. The van der Waals surface area contributed by atoms with Crippen molar-refractivity contribution in [1.29, 1.82) is 0 Å². The molecule has 2 heterocycles. The van der Waals surface area contributed by atoms with Crippen molar-refractivity contribution in [2.45, 2.75) is 31.8 Å². The summed E-state index contributed by atoms with van der Waals surface area (Å²) >= 11 is 5.95. The van der Waals surface area contributed by atoms with E-state index in [0.29, 0.717) is 18.2 Å². The van der Waals surface area contributed by atoms with Gasteiger partial charge in [-0.25, -0.2) is 4.79 Å². The van der Waals surface area contributed by atoms with Crippen molar-refractivity contribution in [2.24, 2.45) is 14.1 Å². The normalized spacial score (nSPS) is 17.0. The maximum Gasteiger partial charge on any atom is 0.330 e. The van der Waals surface area contributed by atoms with Crippen LogP contribution in [0, 0.1) is 0 Å². The van der Waals surface area contributed by atoms with Crippen molar-refractivity contribution >= 4 is 11.6 Å². The van der Waals surface area contributed by atoms with Gasteiger partial charge in [-0.1, -0.05) is 23.7 Å². The standard InChI is InChI=1S/C20H27ClN4O2/c1-23-13-16(19(26)24(2)20(23)27)14-25(18-9-10-22-12-18)11-3-4-15-5-7-17(21)8-6-15/h5-8,13,18,22H,3-4,9-12,14H2,1-2H3. The Morgan fingerprint density at radius 1 is 1.22 bits per heavy atom. The largest absolute Gasteiger partial charge is 0.330 e. The van der Waals surface area contributed by atoms with Crippen LogP contribution >= 0.6 is 11.6 Å². The lowest BCUT2D eigenvalue weighted by Crippen LogP contribution is -2.43. The Morgan fingerprint density at radius 3 is 2.63 bits per heavy atom. The zero-order chi connectivity index (χ0) is 19.4. The van der Waals surface area contributed by atoms with Crippen molar-refractivity contribution in [3.63, 3.8) is 0 Å². The van der Waals surface area contributed by atoms with E-state index in [1.807, 2.05) is 12.1 Å². The molecule has 1 aliphatic heterocycles. The fraction of sp³-hybridized carbons (Fsp3) is 0.500. The molecule has 146 valence electrons. The van der Waals surface area contributed by atoms with Gasteiger partial charge in [0.1, 0.15) is 0 Å². The average Bonchev–Trinajstić information content (AvgIpc) is 3.19. The Morgan fingerprint density at radius 2 is 1.96 bits per heavy atom. The van der Waals surface area contributed by atoms with E-state index in [4.69, 9.17) is 11.6 Å². The minimum atomic E-state index is -0.291. The molecule has 2 aromatic rings. The molecule has 0 bridgehead atoms. The van der Waals surface area contributed by atoms with Crippen molar-refractivity contribution < 1.29 is 0 Å². The van der Waals surface area contributed by atoms with Gasteiger partial charge in [0.05, 0.1) is 0 Å². The molecule has 1 aliphatic rings. The third kappa shape index (κ3) is 4.89. The second-order valence-electron chi connectivity index (χ2n) is 7.26. The summed E-state index contributed by atoms with van der Waals surface area (Å²) in [7, 11) is 3.23. The molecule has 6 nitrogen and oxygen atoms in total. The predicted octanol–water partition coefficient (Wildman–Crippen LogP) is 1.53. The van der Waals surface area contributed by atoms with Gasteiger partial charge in [-0.15, -0.1) is 0 Å².